The number of para-hydroxylation sites is 1. The first-order valence-corrected chi connectivity index (χ1v) is 10.5. The molecule has 0 saturated heterocycles. The monoisotopic (exact) mass is 424 g/mol. The van der Waals surface area contributed by atoms with Crippen LogP contribution in [0.2, 0.25) is 5.02 Å². The van der Waals surface area contributed by atoms with Crippen LogP contribution in [0.25, 0.3) is 0 Å². The standard InChI is InChI=1S/C23H21ClN2O2S/c1-14-6-4-5-7-19(14)26-22(28)21-15(2)12-16(3)25-23(21)29-13-20(27)17-8-10-18(24)11-9-17/h4-12H,13H2,1-3H3,(H,26,28). The van der Waals surface area contributed by atoms with Crippen LogP contribution >= 0.6 is 23.4 Å². The van der Waals surface area contributed by atoms with Gasteiger partial charge >= 0.3 is 0 Å². The van der Waals surface area contributed by atoms with Gasteiger partial charge in [-0.25, -0.2) is 4.98 Å². The number of aryl methyl sites for hydroxylation is 3. The van der Waals surface area contributed by atoms with Crippen molar-refractivity contribution < 1.29 is 9.59 Å². The number of anilines is 1. The number of pyridine rings is 1. The van der Waals surface area contributed by atoms with Crippen LogP contribution in [-0.4, -0.2) is 22.4 Å². The number of nitrogens with zero attached hydrogens (tertiary/aromatic N) is 1. The Bertz CT molecular complexity index is 1060. The van der Waals surface area contributed by atoms with Gasteiger partial charge in [0, 0.05) is 22.0 Å². The van der Waals surface area contributed by atoms with Crippen LogP contribution in [0.15, 0.2) is 59.6 Å². The number of aromatic nitrogens is 1. The Hall–Kier alpha value is -2.63. The van der Waals surface area contributed by atoms with E-state index in [4.69, 9.17) is 11.6 Å². The maximum atomic E-state index is 13.0. The molecular formula is C23H21ClN2O2S. The number of amides is 1. The number of ketones is 1. The lowest BCUT2D eigenvalue weighted by molar-refractivity contribution is 0.101. The summed E-state index contributed by atoms with van der Waals surface area (Å²) >= 11 is 7.16. The minimum atomic E-state index is -0.231. The van der Waals surface area contributed by atoms with Gasteiger partial charge in [0.1, 0.15) is 5.03 Å². The van der Waals surface area contributed by atoms with Crippen molar-refractivity contribution in [2.45, 2.75) is 25.8 Å². The summed E-state index contributed by atoms with van der Waals surface area (Å²) in [6, 6.07) is 16.3. The molecule has 148 valence electrons. The van der Waals surface area contributed by atoms with Crippen molar-refractivity contribution in [3.63, 3.8) is 0 Å². The third-order valence-corrected chi connectivity index (χ3v) is 5.67. The minimum Gasteiger partial charge on any atom is -0.322 e. The van der Waals surface area contributed by atoms with Crippen LogP contribution in [0.1, 0.15) is 37.5 Å². The third-order valence-electron chi connectivity index (χ3n) is 4.44. The smallest absolute Gasteiger partial charge is 0.258 e. The first kappa shape index (κ1) is 21.1. The molecule has 0 atom stereocenters. The molecule has 0 unspecified atom stereocenters. The van der Waals surface area contributed by atoms with Crippen molar-refractivity contribution in [1.29, 1.82) is 0 Å². The van der Waals surface area contributed by atoms with Gasteiger partial charge in [0.2, 0.25) is 0 Å². The van der Waals surface area contributed by atoms with Crippen LogP contribution in [0.3, 0.4) is 0 Å². The maximum Gasteiger partial charge on any atom is 0.258 e. The molecule has 4 nitrogen and oxygen atoms in total. The van der Waals surface area contributed by atoms with Gasteiger partial charge in [-0.05, 0) is 68.3 Å². The number of rotatable bonds is 6. The normalized spacial score (nSPS) is 10.6. The van der Waals surface area contributed by atoms with E-state index in [9.17, 15) is 9.59 Å². The minimum absolute atomic E-state index is 0.0436. The number of carbonyl (C=O) groups is 2. The molecule has 0 bridgehead atoms. The topological polar surface area (TPSA) is 59.1 Å². The van der Waals surface area contributed by atoms with Gasteiger partial charge in [-0.3, -0.25) is 9.59 Å². The summed E-state index contributed by atoms with van der Waals surface area (Å²) in [6.07, 6.45) is 0. The number of thioether (sulfide) groups is 1. The Balaban J connectivity index is 1.83. The average Bonchev–Trinajstić information content (AvgIpc) is 2.68. The van der Waals surface area contributed by atoms with E-state index in [1.165, 1.54) is 11.8 Å². The van der Waals surface area contributed by atoms with Crippen molar-refractivity contribution in [3.8, 4) is 0 Å². The van der Waals surface area contributed by atoms with Crippen molar-refractivity contribution in [1.82, 2.24) is 4.98 Å². The molecule has 6 heteroatoms. The Morgan fingerprint density at radius 2 is 1.69 bits per heavy atom. The Morgan fingerprint density at radius 3 is 2.38 bits per heavy atom. The maximum absolute atomic E-state index is 13.0. The van der Waals surface area contributed by atoms with E-state index in [1.54, 1.807) is 24.3 Å². The first-order chi connectivity index (χ1) is 13.8. The summed E-state index contributed by atoms with van der Waals surface area (Å²) in [5.74, 6) is -0.0917. The lowest BCUT2D eigenvalue weighted by Gasteiger charge is -2.14. The molecule has 0 saturated carbocycles. The molecule has 2 aromatic carbocycles. The van der Waals surface area contributed by atoms with E-state index in [0.29, 0.717) is 21.2 Å². The molecule has 3 rings (SSSR count). The SMILES string of the molecule is Cc1cc(C)c(C(=O)Nc2ccccc2C)c(SCC(=O)c2ccc(Cl)cc2)n1. The van der Waals surface area contributed by atoms with Crippen LogP contribution in [-0.2, 0) is 0 Å². The molecule has 1 N–H and O–H groups in total. The molecule has 0 radical (unpaired) electrons. The summed E-state index contributed by atoms with van der Waals surface area (Å²) in [6.45, 7) is 5.70. The summed E-state index contributed by atoms with van der Waals surface area (Å²) < 4.78 is 0. The lowest BCUT2D eigenvalue weighted by atomic mass is 10.1. The molecule has 1 aromatic heterocycles. The summed E-state index contributed by atoms with van der Waals surface area (Å²) in [7, 11) is 0. The van der Waals surface area contributed by atoms with E-state index in [-0.39, 0.29) is 17.4 Å². The molecule has 0 aliphatic carbocycles. The van der Waals surface area contributed by atoms with Gasteiger partial charge in [0.05, 0.1) is 11.3 Å². The molecular weight excluding hydrogens is 404 g/mol. The highest BCUT2D eigenvalue weighted by molar-refractivity contribution is 8.00. The number of nitrogens with one attached hydrogen (secondary N) is 1. The highest BCUT2D eigenvalue weighted by Crippen LogP contribution is 2.27. The predicted molar refractivity (Wildman–Crippen MR) is 119 cm³/mol. The molecule has 1 heterocycles. The van der Waals surface area contributed by atoms with Gasteiger partial charge in [0.25, 0.3) is 5.91 Å². The van der Waals surface area contributed by atoms with E-state index in [2.05, 4.69) is 10.3 Å². The van der Waals surface area contributed by atoms with E-state index in [1.807, 2.05) is 51.1 Å². The lowest BCUT2D eigenvalue weighted by Crippen LogP contribution is -2.17. The number of hydrogen-bond acceptors (Lipinski definition) is 4. The van der Waals surface area contributed by atoms with Gasteiger partial charge in [0.15, 0.2) is 5.78 Å². The fraction of sp³-hybridized carbons (Fsp3) is 0.174. The molecule has 0 spiro atoms. The quantitative estimate of drug-likeness (QED) is 0.396. The van der Waals surface area contributed by atoms with Crippen LogP contribution < -0.4 is 5.32 Å². The number of Topliss-reactive ketones (excluding diaryl/α,β-unsaturated/α-hetero) is 1. The second-order valence-corrected chi connectivity index (χ2v) is 8.15. The molecule has 0 aliphatic rings. The van der Waals surface area contributed by atoms with Gasteiger partial charge in [-0.1, -0.05) is 41.6 Å². The Labute approximate surface area is 179 Å². The predicted octanol–water partition coefficient (Wildman–Crippen LogP) is 5.89. The van der Waals surface area contributed by atoms with Crippen LogP contribution in [0.4, 0.5) is 5.69 Å². The summed E-state index contributed by atoms with van der Waals surface area (Å²) in [5.41, 5.74) is 4.43. The Morgan fingerprint density at radius 1 is 1.00 bits per heavy atom. The molecule has 1 amide bonds. The Kier molecular flexibility index (Phi) is 6.72. The van der Waals surface area contributed by atoms with Crippen molar-refractivity contribution >= 4 is 40.7 Å². The van der Waals surface area contributed by atoms with E-state index in [0.717, 1.165) is 22.5 Å². The molecule has 0 aliphatic heterocycles. The van der Waals surface area contributed by atoms with Crippen molar-refractivity contribution in [2.75, 3.05) is 11.1 Å². The average molecular weight is 425 g/mol. The van der Waals surface area contributed by atoms with Gasteiger partial charge in [-0.15, -0.1) is 0 Å². The first-order valence-electron chi connectivity index (χ1n) is 9.12. The zero-order valence-corrected chi connectivity index (χ0v) is 18.0. The molecule has 29 heavy (non-hydrogen) atoms. The highest BCUT2D eigenvalue weighted by atomic mass is 35.5. The van der Waals surface area contributed by atoms with Crippen molar-refractivity contribution in [2.24, 2.45) is 0 Å². The zero-order valence-electron chi connectivity index (χ0n) is 16.5. The number of carbonyl (C=O) groups excluding carboxylic acids is 2. The third kappa shape index (κ3) is 5.25. The number of hydrogen-bond donors (Lipinski definition) is 1. The molecule has 3 aromatic rings. The highest BCUT2D eigenvalue weighted by Gasteiger charge is 2.19. The fourth-order valence-corrected chi connectivity index (χ4v) is 4.10. The fourth-order valence-electron chi connectivity index (χ4n) is 2.93. The number of halogens is 1. The number of benzene rings is 2. The zero-order chi connectivity index (χ0) is 21.0. The summed E-state index contributed by atoms with van der Waals surface area (Å²) in [4.78, 5) is 30.1. The van der Waals surface area contributed by atoms with Gasteiger partial charge < -0.3 is 5.32 Å². The van der Waals surface area contributed by atoms with E-state index < -0.39 is 0 Å². The second-order valence-electron chi connectivity index (χ2n) is 6.75. The van der Waals surface area contributed by atoms with Gasteiger partial charge in [-0.2, -0.15) is 0 Å². The van der Waals surface area contributed by atoms with Crippen LogP contribution in [0, 0.1) is 20.8 Å². The van der Waals surface area contributed by atoms with Crippen molar-refractivity contribution in [3.05, 3.63) is 87.6 Å². The largest absolute Gasteiger partial charge is 0.322 e. The summed E-state index contributed by atoms with van der Waals surface area (Å²) in [5, 5.41) is 4.10. The second kappa shape index (κ2) is 9.25. The molecule has 0 fully saturated rings. The van der Waals surface area contributed by atoms with Crippen LogP contribution in [0.5, 0.6) is 0 Å². The van der Waals surface area contributed by atoms with E-state index >= 15 is 0 Å².